The van der Waals surface area contributed by atoms with Gasteiger partial charge in [0.15, 0.2) is 18.0 Å². The molecule has 43 heavy (non-hydrogen) atoms. The van der Waals surface area contributed by atoms with Gasteiger partial charge >= 0.3 is 17.9 Å². The minimum atomic E-state index is -1.92. The molecule has 0 amide bonds. The van der Waals surface area contributed by atoms with Crippen LogP contribution in [0.5, 0.6) is 0 Å². The fraction of sp³-hybridized carbons (Fsp3) is 0.441. The van der Waals surface area contributed by atoms with Gasteiger partial charge in [0.1, 0.15) is 12.2 Å². The molecule has 9 nitrogen and oxygen atoms in total. The van der Waals surface area contributed by atoms with Crippen molar-refractivity contribution >= 4 is 17.9 Å². The molecule has 2 heterocycles. The third kappa shape index (κ3) is 4.44. The minimum absolute atomic E-state index is 0.140. The van der Waals surface area contributed by atoms with Crippen LogP contribution in [0, 0.1) is 16.7 Å². The molecule has 2 aromatic carbocycles. The average molecular weight is 589 g/mol. The van der Waals surface area contributed by atoms with Crippen LogP contribution in [0.4, 0.5) is 0 Å². The monoisotopic (exact) mass is 588 g/mol. The molecule has 0 aromatic heterocycles. The van der Waals surface area contributed by atoms with Crippen molar-refractivity contribution in [2.75, 3.05) is 6.61 Å². The van der Waals surface area contributed by atoms with Gasteiger partial charge in [-0.15, -0.1) is 0 Å². The summed E-state index contributed by atoms with van der Waals surface area (Å²) in [5.41, 5.74) is -2.50. The number of cyclic esters (lactones) is 1. The van der Waals surface area contributed by atoms with E-state index in [-0.39, 0.29) is 24.2 Å². The Morgan fingerprint density at radius 3 is 2.00 bits per heavy atom. The van der Waals surface area contributed by atoms with E-state index in [9.17, 15) is 24.6 Å². The molecule has 1 saturated heterocycles. The number of hydrogen-bond acceptors (Lipinski definition) is 9. The van der Waals surface area contributed by atoms with E-state index in [1.807, 2.05) is 13.8 Å². The quantitative estimate of drug-likeness (QED) is 0.301. The fourth-order valence-electron chi connectivity index (χ4n) is 7.93. The molecular formula is C34H36O9. The first-order valence-corrected chi connectivity index (χ1v) is 14.5. The summed E-state index contributed by atoms with van der Waals surface area (Å²) in [4.78, 5) is 39.1. The summed E-state index contributed by atoms with van der Waals surface area (Å²) in [5.74, 6) is -4.36. The Morgan fingerprint density at radius 2 is 1.47 bits per heavy atom. The lowest BCUT2D eigenvalue weighted by Crippen LogP contribution is -2.78. The summed E-state index contributed by atoms with van der Waals surface area (Å²) >= 11 is 0. The van der Waals surface area contributed by atoms with Crippen LogP contribution in [0.25, 0.3) is 0 Å². The largest absolute Gasteiger partial charge is 0.458 e. The van der Waals surface area contributed by atoms with E-state index in [0.717, 1.165) is 5.57 Å². The standard InChI is InChI=1S/C34H36O9/c1-20-15-16-24-26-31(2,19-34(39,43-24)23-17-25(35)40-18-23)33(4,38)28(42-30(37)22-13-9-6-10-14-22)27(32(20,26)3)41-29(36)21-11-7-5-8-12-21/h5-14,17,24,26-28,38-39H,1,15-16,18-19H2,2-4H3. The second-order valence-electron chi connectivity index (χ2n) is 12.7. The maximum atomic E-state index is 13.6. The summed E-state index contributed by atoms with van der Waals surface area (Å²) < 4.78 is 23.9. The van der Waals surface area contributed by atoms with E-state index in [2.05, 4.69) is 6.58 Å². The van der Waals surface area contributed by atoms with Gasteiger partial charge in [0.05, 0.1) is 17.2 Å². The van der Waals surface area contributed by atoms with Crippen molar-refractivity contribution in [3.05, 3.63) is 95.6 Å². The van der Waals surface area contributed by atoms with Crippen LogP contribution in [0.15, 0.2) is 84.5 Å². The maximum Gasteiger partial charge on any atom is 0.338 e. The van der Waals surface area contributed by atoms with Gasteiger partial charge in [0.25, 0.3) is 0 Å². The second-order valence-corrected chi connectivity index (χ2v) is 12.7. The van der Waals surface area contributed by atoms with E-state index in [4.69, 9.17) is 18.9 Å². The van der Waals surface area contributed by atoms with Gasteiger partial charge in [0, 0.05) is 34.8 Å². The summed E-state index contributed by atoms with van der Waals surface area (Å²) in [6.07, 6.45) is -1.11. The summed E-state index contributed by atoms with van der Waals surface area (Å²) in [6, 6.07) is 16.8. The van der Waals surface area contributed by atoms with E-state index >= 15 is 0 Å². The lowest BCUT2D eigenvalue weighted by atomic mass is 9.41. The van der Waals surface area contributed by atoms with Gasteiger partial charge < -0.3 is 29.2 Å². The molecule has 2 aliphatic carbocycles. The number of hydrogen-bond donors (Lipinski definition) is 2. The summed E-state index contributed by atoms with van der Waals surface area (Å²) in [7, 11) is 0. The van der Waals surface area contributed by atoms with Crippen molar-refractivity contribution in [1.29, 1.82) is 0 Å². The normalized spacial score (nSPS) is 38.4. The second kappa shape index (κ2) is 10.1. The van der Waals surface area contributed by atoms with Crippen LogP contribution in [0.1, 0.15) is 60.7 Å². The number of benzene rings is 2. The lowest BCUT2D eigenvalue weighted by Gasteiger charge is -2.70. The molecule has 0 bridgehead atoms. The average Bonchev–Trinajstić information content (AvgIpc) is 3.43. The Labute approximate surface area is 250 Å². The molecule has 0 spiro atoms. The smallest absolute Gasteiger partial charge is 0.338 e. The van der Waals surface area contributed by atoms with Crippen molar-refractivity contribution < 1.29 is 43.5 Å². The van der Waals surface area contributed by atoms with Gasteiger partial charge in [-0.05, 0) is 44.0 Å². The van der Waals surface area contributed by atoms with Gasteiger partial charge in [0.2, 0.25) is 0 Å². The Morgan fingerprint density at radius 1 is 0.907 bits per heavy atom. The van der Waals surface area contributed by atoms with Crippen LogP contribution >= 0.6 is 0 Å². The highest BCUT2D eigenvalue weighted by molar-refractivity contribution is 5.90. The SMILES string of the molecule is C=C1CCC2OC(O)(C3=CC(=O)OC3)CC3(C)C2C1(C)C(OC(=O)c1ccccc1)C(OC(=O)c1ccccc1)C3(C)O. The number of esters is 3. The van der Waals surface area contributed by atoms with Crippen molar-refractivity contribution in [3.8, 4) is 0 Å². The zero-order chi connectivity index (χ0) is 30.8. The van der Waals surface area contributed by atoms with Crippen molar-refractivity contribution in [2.24, 2.45) is 16.7 Å². The predicted molar refractivity (Wildman–Crippen MR) is 153 cm³/mol. The van der Waals surface area contributed by atoms with Gasteiger partial charge in [-0.25, -0.2) is 14.4 Å². The van der Waals surface area contributed by atoms with E-state index in [1.54, 1.807) is 67.6 Å². The lowest BCUT2D eigenvalue weighted by molar-refractivity contribution is -0.363. The Hall–Kier alpha value is -3.79. The minimum Gasteiger partial charge on any atom is -0.458 e. The van der Waals surface area contributed by atoms with E-state index < -0.39 is 64.4 Å². The number of rotatable bonds is 5. The third-order valence-electron chi connectivity index (χ3n) is 10.4. The highest BCUT2D eigenvalue weighted by Gasteiger charge is 2.76. The Kier molecular flexibility index (Phi) is 6.91. The molecule has 2 aliphatic heterocycles. The van der Waals surface area contributed by atoms with Gasteiger partial charge in [-0.1, -0.05) is 62.4 Å². The number of aliphatic hydroxyl groups is 2. The molecule has 2 saturated carbocycles. The van der Waals surface area contributed by atoms with Crippen LogP contribution in [0.3, 0.4) is 0 Å². The highest BCUT2D eigenvalue weighted by Crippen LogP contribution is 2.69. The number of ether oxygens (including phenoxy) is 4. The maximum absolute atomic E-state index is 13.6. The third-order valence-corrected chi connectivity index (χ3v) is 10.4. The van der Waals surface area contributed by atoms with Crippen molar-refractivity contribution in [1.82, 2.24) is 0 Å². The van der Waals surface area contributed by atoms with Gasteiger partial charge in [-0.2, -0.15) is 0 Å². The van der Waals surface area contributed by atoms with Crippen molar-refractivity contribution in [3.63, 3.8) is 0 Å². The van der Waals surface area contributed by atoms with Crippen LogP contribution in [-0.4, -0.2) is 64.4 Å². The molecular weight excluding hydrogens is 552 g/mol. The molecule has 9 heteroatoms. The molecule has 3 fully saturated rings. The Bertz CT molecular complexity index is 1500. The number of carbonyl (C=O) groups excluding carboxylic acids is 3. The first-order valence-electron chi connectivity index (χ1n) is 14.5. The molecule has 2 aromatic rings. The highest BCUT2D eigenvalue weighted by atomic mass is 16.6. The molecule has 4 aliphatic rings. The molecule has 226 valence electrons. The first-order chi connectivity index (χ1) is 20.3. The topological polar surface area (TPSA) is 129 Å². The van der Waals surface area contributed by atoms with Gasteiger partial charge in [-0.3, -0.25) is 0 Å². The van der Waals surface area contributed by atoms with Crippen LogP contribution in [-0.2, 0) is 23.7 Å². The van der Waals surface area contributed by atoms with Crippen molar-refractivity contribution in [2.45, 2.75) is 69.7 Å². The van der Waals surface area contributed by atoms with E-state index in [1.165, 1.54) is 6.08 Å². The zero-order valence-electron chi connectivity index (χ0n) is 24.4. The zero-order valence-corrected chi connectivity index (χ0v) is 24.4. The van der Waals surface area contributed by atoms with Crippen LogP contribution < -0.4 is 0 Å². The fourth-order valence-corrected chi connectivity index (χ4v) is 7.93. The van der Waals surface area contributed by atoms with E-state index in [0.29, 0.717) is 18.4 Å². The molecule has 2 N–H and O–H groups in total. The summed E-state index contributed by atoms with van der Waals surface area (Å²) in [6.45, 7) is 9.53. The Balaban J connectivity index is 1.49. The molecule has 0 radical (unpaired) electrons. The molecule has 8 atom stereocenters. The first kappa shape index (κ1) is 29.3. The molecule has 8 unspecified atom stereocenters. The molecule has 6 rings (SSSR count). The number of carbonyl (C=O) groups is 3. The van der Waals surface area contributed by atoms with Crippen LogP contribution in [0.2, 0.25) is 0 Å². The predicted octanol–water partition coefficient (Wildman–Crippen LogP) is 4.14. The summed E-state index contributed by atoms with van der Waals surface area (Å²) in [5, 5.41) is 24.6.